The summed E-state index contributed by atoms with van der Waals surface area (Å²) >= 11 is 0. The number of hydrogen-bond acceptors (Lipinski definition) is 8. The van der Waals surface area contributed by atoms with Crippen LogP contribution in [0.3, 0.4) is 0 Å². The van der Waals surface area contributed by atoms with Crippen molar-refractivity contribution < 1.29 is 38.5 Å². The Labute approximate surface area is 309 Å². The highest BCUT2D eigenvalue weighted by atomic mass is 16.6. The van der Waals surface area contributed by atoms with E-state index in [0.29, 0.717) is 23.2 Å². The molecule has 0 bridgehead atoms. The first kappa shape index (κ1) is 36.3. The SMILES string of the molecule is COC[C@@H]1NC(=O)CC/C=C\[C@@H]2O[C@@]34C=CCN(c5cc(C)ccc5C)C(=O)[C@@H]3N([C@H](CO)c3ccccc3)C(=O)[C@H]4[C@@H]2C(=O)O[C@H]1c1ccccc1. The van der Waals surface area contributed by atoms with Gasteiger partial charge in [0.2, 0.25) is 11.8 Å². The molecule has 3 aromatic carbocycles. The predicted molar refractivity (Wildman–Crippen MR) is 196 cm³/mol. The highest BCUT2D eigenvalue weighted by Crippen LogP contribution is 2.55. The minimum atomic E-state index is -1.59. The van der Waals surface area contributed by atoms with Crippen LogP contribution in [0.15, 0.2) is 103 Å². The Morgan fingerprint density at radius 3 is 2.42 bits per heavy atom. The largest absolute Gasteiger partial charge is 0.455 e. The van der Waals surface area contributed by atoms with Crippen LogP contribution in [0.25, 0.3) is 0 Å². The summed E-state index contributed by atoms with van der Waals surface area (Å²) in [6.07, 6.45) is 5.65. The first-order chi connectivity index (χ1) is 25.7. The minimum Gasteiger partial charge on any atom is -0.455 e. The molecule has 4 heterocycles. The van der Waals surface area contributed by atoms with Gasteiger partial charge >= 0.3 is 5.97 Å². The fourth-order valence-corrected chi connectivity index (χ4v) is 8.42. The van der Waals surface area contributed by atoms with Gasteiger partial charge in [-0.15, -0.1) is 0 Å². The zero-order valence-electron chi connectivity index (χ0n) is 30.1. The number of methoxy groups -OCH3 is 1. The summed E-state index contributed by atoms with van der Waals surface area (Å²) < 4.78 is 18.8. The lowest BCUT2D eigenvalue weighted by molar-refractivity contribution is -0.162. The van der Waals surface area contributed by atoms with Crippen molar-refractivity contribution in [1.29, 1.82) is 0 Å². The third-order valence-corrected chi connectivity index (χ3v) is 10.8. The molecule has 1 spiro atoms. The number of nitrogens with zero attached hydrogens (tertiary/aromatic N) is 2. The van der Waals surface area contributed by atoms with Crippen molar-refractivity contribution >= 4 is 29.4 Å². The number of aliphatic hydroxyl groups is 1. The van der Waals surface area contributed by atoms with Crippen molar-refractivity contribution in [3.05, 3.63) is 125 Å². The second-order valence-corrected chi connectivity index (χ2v) is 14.2. The number of aliphatic hydroxyl groups excluding tert-OH is 1. The predicted octanol–water partition coefficient (Wildman–Crippen LogP) is 4.29. The van der Waals surface area contributed by atoms with Crippen LogP contribution in [0.5, 0.6) is 0 Å². The van der Waals surface area contributed by atoms with Crippen LogP contribution >= 0.6 is 0 Å². The number of aryl methyl sites for hydroxylation is 2. The van der Waals surface area contributed by atoms with Gasteiger partial charge in [-0.2, -0.15) is 0 Å². The summed E-state index contributed by atoms with van der Waals surface area (Å²) in [6, 6.07) is 21.1. The molecule has 3 aromatic rings. The molecular weight excluding hydrogens is 674 g/mol. The molecule has 0 aromatic heterocycles. The monoisotopic (exact) mass is 719 g/mol. The van der Waals surface area contributed by atoms with E-state index in [2.05, 4.69) is 5.32 Å². The van der Waals surface area contributed by atoms with E-state index in [9.17, 15) is 14.7 Å². The smallest absolute Gasteiger partial charge is 0.313 e. The molecule has 4 aliphatic rings. The molecule has 11 nitrogen and oxygen atoms in total. The number of fused-ring (bicyclic) bond motifs is 2. The van der Waals surface area contributed by atoms with E-state index in [0.717, 1.165) is 11.1 Å². The van der Waals surface area contributed by atoms with Crippen molar-refractivity contribution in [2.24, 2.45) is 11.8 Å². The van der Waals surface area contributed by atoms with Gasteiger partial charge in [0.15, 0.2) is 0 Å². The van der Waals surface area contributed by atoms with Crippen LogP contribution in [-0.2, 0) is 33.4 Å². The summed E-state index contributed by atoms with van der Waals surface area (Å²) in [5.74, 6) is -4.18. The fourth-order valence-electron chi connectivity index (χ4n) is 8.42. The highest BCUT2D eigenvalue weighted by molar-refractivity contribution is 6.06. The van der Waals surface area contributed by atoms with Gasteiger partial charge in [-0.3, -0.25) is 19.2 Å². The summed E-state index contributed by atoms with van der Waals surface area (Å²) in [5, 5.41) is 13.9. The van der Waals surface area contributed by atoms with Gasteiger partial charge in [-0.05, 0) is 48.6 Å². The molecular formula is C42H45N3O8. The summed E-state index contributed by atoms with van der Waals surface area (Å²) in [4.78, 5) is 61.4. The van der Waals surface area contributed by atoms with E-state index in [1.54, 1.807) is 47.4 Å². The fraction of sp³-hybridized carbons (Fsp3) is 0.381. The number of allylic oxidation sites excluding steroid dienone is 1. The average molecular weight is 720 g/mol. The molecule has 53 heavy (non-hydrogen) atoms. The number of rotatable bonds is 7. The Hall–Kier alpha value is -5.10. The molecule has 11 heteroatoms. The van der Waals surface area contributed by atoms with Crippen LogP contribution in [0.2, 0.25) is 0 Å². The van der Waals surface area contributed by atoms with Crippen LogP contribution in [-0.4, -0.2) is 84.4 Å². The molecule has 3 amide bonds. The molecule has 2 fully saturated rings. The van der Waals surface area contributed by atoms with Crippen LogP contribution in [0.4, 0.5) is 5.69 Å². The highest BCUT2D eigenvalue weighted by Gasteiger charge is 2.73. The average Bonchev–Trinajstić information content (AvgIpc) is 3.55. The van der Waals surface area contributed by atoms with Gasteiger partial charge in [-0.1, -0.05) is 97.1 Å². The maximum absolute atomic E-state index is 15.2. The number of carbonyl (C=O) groups is 4. The molecule has 0 saturated carbocycles. The molecule has 4 aliphatic heterocycles. The van der Waals surface area contributed by atoms with Crippen molar-refractivity contribution in [2.45, 2.75) is 62.6 Å². The number of anilines is 1. The Morgan fingerprint density at radius 2 is 1.70 bits per heavy atom. The number of amides is 3. The Kier molecular flexibility index (Phi) is 10.3. The molecule has 0 radical (unpaired) electrons. The molecule has 7 rings (SSSR count). The lowest BCUT2D eigenvalue weighted by Gasteiger charge is -2.39. The van der Waals surface area contributed by atoms with Crippen molar-refractivity contribution in [3.63, 3.8) is 0 Å². The molecule has 2 N–H and O–H groups in total. The molecule has 0 aliphatic carbocycles. The van der Waals surface area contributed by atoms with Crippen LogP contribution < -0.4 is 10.2 Å². The first-order valence-corrected chi connectivity index (χ1v) is 18.1. The standard InChI is InChI=1S/C42H45N3O8/c1-26-19-20-27(2)31(23-26)44-22-12-21-42-36(39(48)45(38(42)40(44)49)32(24-46)28-13-6-4-7-14-28)35-33(53-42)17-10-11-18-34(47)43-30(25-51-3)37(52-41(35)50)29-15-8-5-9-16-29/h4-10,12-17,19-21,23,30,32-33,35-38,46H,11,18,22,24-25H2,1-3H3,(H,43,47)/b17-10-/t30-,32+,33-,35+,36+,37-,38-,42+/m0/s1. The van der Waals surface area contributed by atoms with E-state index in [1.165, 1.54) is 12.0 Å². The normalized spacial score (nSPS) is 29.9. The van der Waals surface area contributed by atoms with E-state index >= 15 is 9.59 Å². The number of esters is 1. The van der Waals surface area contributed by atoms with Crippen LogP contribution in [0.1, 0.15) is 47.2 Å². The van der Waals surface area contributed by atoms with Crippen molar-refractivity contribution in [3.8, 4) is 0 Å². The number of hydrogen-bond donors (Lipinski definition) is 2. The minimum absolute atomic E-state index is 0.0574. The number of carbonyl (C=O) groups excluding carboxylic acids is 4. The summed E-state index contributed by atoms with van der Waals surface area (Å²) in [5.41, 5.74) is 2.22. The first-order valence-electron chi connectivity index (χ1n) is 18.1. The third kappa shape index (κ3) is 6.58. The number of nitrogens with one attached hydrogen (secondary N) is 1. The van der Waals surface area contributed by atoms with E-state index in [1.807, 2.05) is 74.5 Å². The second kappa shape index (κ2) is 15.1. The number of benzene rings is 3. The molecule has 2 saturated heterocycles. The topological polar surface area (TPSA) is 135 Å². The number of ether oxygens (including phenoxy) is 3. The molecule has 0 unspecified atom stereocenters. The summed E-state index contributed by atoms with van der Waals surface area (Å²) in [7, 11) is 1.51. The van der Waals surface area contributed by atoms with Gasteiger partial charge < -0.3 is 34.4 Å². The van der Waals surface area contributed by atoms with Gasteiger partial charge in [0.1, 0.15) is 23.7 Å². The number of likely N-dealkylation sites (tertiary alicyclic amines) is 1. The molecule has 276 valence electrons. The Morgan fingerprint density at radius 1 is 0.962 bits per heavy atom. The van der Waals surface area contributed by atoms with Gasteiger partial charge in [0, 0.05) is 25.8 Å². The zero-order valence-corrected chi connectivity index (χ0v) is 30.1. The van der Waals surface area contributed by atoms with Crippen LogP contribution in [0, 0.1) is 25.7 Å². The Balaban J connectivity index is 1.38. The third-order valence-electron chi connectivity index (χ3n) is 10.8. The van der Waals surface area contributed by atoms with Crippen molar-refractivity contribution in [2.75, 3.05) is 31.8 Å². The van der Waals surface area contributed by atoms with Gasteiger partial charge in [-0.25, -0.2) is 0 Å². The van der Waals surface area contributed by atoms with Gasteiger partial charge in [0.05, 0.1) is 37.3 Å². The lowest BCUT2D eigenvalue weighted by Crippen LogP contribution is -2.56. The van der Waals surface area contributed by atoms with Gasteiger partial charge in [0.25, 0.3) is 5.91 Å². The van der Waals surface area contributed by atoms with E-state index < -0.39 is 66.3 Å². The second-order valence-electron chi connectivity index (χ2n) is 14.2. The van der Waals surface area contributed by atoms with E-state index in [4.69, 9.17) is 14.2 Å². The van der Waals surface area contributed by atoms with E-state index in [-0.39, 0.29) is 31.4 Å². The number of cyclic esters (lactones) is 1. The quantitative estimate of drug-likeness (QED) is 0.273. The maximum atomic E-state index is 15.2. The zero-order chi connectivity index (χ0) is 37.3. The summed E-state index contributed by atoms with van der Waals surface area (Å²) in [6.45, 7) is 3.67. The lowest BCUT2D eigenvalue weighted by atomic mass is 9.77. The molecule has 8 atom stereocenters. The van der Waals surface area contributed by atoms with Crippen molar-refractivity contribution in [1.82, 2.24) is 10.2 Å². The maximum Gasteiger partial charge on any atom is 0.313 e. The Bertz CT molecular complexity index is 1920.